The number of nitrogens with one attached hydrogen (secondary N) is 2. The number of hydrogen-bond donors (Lipinski definition) is 3. The zero-order chi connectivity index (χ0) is 19.2. The van der Waals surface area contributed by atoms with E-state index in [4.69, 9.17) is 5.84 Å². The molecule has 0 heterocycles. The summed E-state index contributed by atoms with van der Waals surface area (Å²) in [5.41, 5.74) is 4.59. The van der Waals surface area contributed by atoms with Crippen LogP contribution in [-0.2, 0) is 11.2 Å². The summed E-state index contributed by atoms with van der Waals surface area (Å²) >= 11 is 0. The van der Waals surface area contributed by atoms with Gasteiger partial charge < -0.3 is 5.32 Å². The summed E-state index contributed by atoms with van der Waals surface area (Å²) in [6.45, 7) is 1.98. The van der Waals surface area contributed by atoms with E-state index in [0.29, 0.717) is 12.0 Å². The maximum Gasteiger partial charge on any atom is 0.252 e. The Morgan fingerprint density at radius 2 is 1.67 bits per heavy atom. The maximum atomic E-state index is 12.9. The van der Waals surface area contributed by atoms with Crippen molar-refractivity contribution >= 4 is 22.6 Å². The molecule has 1 atom stereocenters. The summed E-state index contributed by atoms with van der Waals surface area (Å²) in [6, 6.07) is 21.4. The van der Waals surface area contributed by atoms with Crippen molar-refractivity contribution in [1.29, 1.82) is 0 Å². The maximum absolute atomic E-state index is 12.9. The summed E-state index contributed by atoms with van der Waals surface area (Å²) in [5.74, 6) is 4.72. The average Bonchev–Trinajstić information content (AvgIpc) is 2.71. The van der Waals surface area contributed by atoms with E-state index in [-0.39, 0.29) is 24.3 Å². The second-order valence-corrected chi connectivity index (χ2v) is 6.49. The van der Waals surface area contributed by atoms with Crippen LogP contribution in [0.3, 0.4) is 0 Å². The van der Waals surface area contributed by atoms with Gasteiger partial charge in [-0.25, -0.2) is 5.84 Å². The number of fused-ring (bicyclic) bond motifs is 1. The lowest BCUT2D eigenvalue weighted by Crippen LogP contribution is -2.30. The van der Waals surface area contributed by atoms with Gasteiger partial charge in [0.05, 0.1) is 6.04 Å². The number of benzene rings is 3. The molecule has 3 aromatic carbocycles. The molecule has 27 heavy (non-hydrogen) atoms. The Bertz CT molecular complexity index is 963. The van der Waals surface area contributed by atoms with Crippen LogP contribution in [0.5, 0.6) is 0 Å². The topological polar surface area (TPSA) is 84.2 Å². The summed E-state index contributed by atoms with van der Waals surface area (Å²) in [6.07, 6.45) is 0.689. The number of amides is 2. The van der Waals surface area contributed by atoms with Crippen LogP contribution >= 0.6 is 0 Å². The number of nitrogens with two attached hydrogens (primary N) is 1. The minimum atomic E-state index is -0.255. The van der Waals surface area contributed by atoms with Crippen LogP contribution in [0, 0.1) is 0 Å². The van der Waals surface area contributed by atoms with Gasteiger partial charge in [-0.1, -0.05) is 60.7 Å². The molecule has 0 fully saturated rings. The predicted molar refractivity (Wildman–Crippen MR) is 107 cm³/mol. The van der Waals surface area contributed by atoms with Gasteiger partial charge in [-0.3, -0.25) is 15.0 Å². The highest BCUT2D eigenvalue weighted by Crippen LogP contribution is 2.24. The summed E-state index contributed by atoms with van der Waals surface area (Å²) in [7, 11) is 0. The Kier molecular flexibility index (Phi) is 5.84. The first-order valence-electron chi connectivity index (χ1n) is 8.96. The van der Waals surface area contributed by atoms with E-state index in [1.165, 1.54) is 0 Å². The Morgan fingerprint density at radius 3 is 2.48 bits per heavy atom. The zero-order valence-corrected chi connectivity index (χ0v) is 15.2. The fraction of sp³-hybridized carbons (Fsp3) is 0.182. The number of carbonyl (C=O) groups is 2. The molecule has 0 aliphatic carbocycles. The Hall–Kier alpha value is -3.18. The molecule has 5 heteroatoms. The van der Waals surface area contributed by atoms with E-state index in [0.717, 1.165) is 21.9 Å². The quantitative estimate of drug-likeness (QED) is 0.358. The van der Waals surface area contributed by atoms with Gasteiger partial charge in [0, 0.05) is 12.0 Å². The Morgan fingerprint density at radius 1 is 0.963 bits per heavy atom. The number of rotatable bonds is 6. The first-order chi connectivity index (χ1) is 13.1. The van der Waals surface area contributed by atoms with Gasteiger partial charge in [0.25, 0.3) is 5.91 Å². The van der Waals surface area contributed by atoms with Crippen LogP contribution in [0.1, 0.15) is 40.9 Å². The minimum Gasteiger partial charge on any atom is -0.345 e. The number of hydrogen-bond acceptors (Lipinski definition) is 3. The van der Waals surface area contributed by atoms with Gasteiger partial charge in [-0.2, -0.15) is 0 Å². The monoisotopic (exact) mass is 361 g/mol. The fourth-order valence-corrected chi connectivity index (χ4v) is 3.26. The average molecular weight is 361 g/mol. The molecule has 3 aromatic rings. The molecule has 5 nitrogen and oxygen atoms in total. The van der Waals surface area contributed by atoms with Crippen LogP contribution in [0.25, 0.3) is 10.8 Å². The molecule has 0 radical (unpaired) electrons. The molecule has 138 valence electrons. The third-order valence-corrected chi connectivity index (χ3v) is 4.68. The summed E-state index contributed by atoms with van der Waals surface area (Å²) in [5, 5.41) is 5.35. The molecular weight excluding hydrogens is 338 g/mol. The van der Waals surface area contributed by atoms with E-state index in [1.807, 2.05) is 49.4 Å². The molecule has 0 aliphatic rings. The van der Waals surface area contributed by atoms with Gasteiger partial charge in [0.2, 0.25) is 5.91 Å². The molecular formula is C22H23N3O2. The lowest BCUT2D eigenvalue weighted by atomic mass is 9.98. The van der Waals surface area contributed by atoms with Crippen molar-refractivity contribution in [3.05, 3.63) is 83.4 Å². The van der Waals surface area contributed by atoms with Crippen molar-refractivity contribution in [2.24, 2.45) is 5.84 Å². The molecule has 0 bridgehead atoms. The van der Waals surface area contributed by atoms with Crippen LogP contribution < -0.4 is 16.6 Å². The number of hydrazine groups is 1. The van der Waals surface area contributed by atoms with E-state index >= 15 is 0 Å². The largest absolute Gasteiger partial charge is 0.345 e. The molecule has 0 saturated carbocycles. The molecule has 0 spiro atoms. The van der Waals surface area contributed by atoms with Crippen LogP contribution in [0.2, 0.25) is 0 Å². The first-order valence-corrected chi connectivity index (χ1v) is 8.96. The molecule has 2 amide bonds. The third-order valence-electron chi connectivity index (χ3n) is 4.68. The van der Waals surface area contributed by atoms with Crippen LogP contribution in [0.15, 0.2) is 66.7 Å². The van der Waals surface area contributed by atoms with Crippen molar-refractivity contribution < 1.29 is 9.59 Å². The number of aryl methyl sites for hydroxylation is 1. The van der Waals surface area contributed by atoms with Crippen molar-refractivity contribution in [1.82, 2.24) is 10.7 Å². The van der Waals surface area contributed by atoms with E-state index in [1.54, 1.807) is 6.07 Å². The van der Waals surface area contributed by atoms with E-state index in [2.05, 4.69) is 28.9 Å². The highest BCUT2D eigenvalue weighted by atomic mass is 16.2. The van der Waals surface area contributed by atoms with E-state index in [9.17, 15) is 9.59 Å². The first kappa shape index (κ1) is 18.6. The molecule has 0 aliphatic heterocycles. The second kappa shape index (κ2) is 8.47. The smallest absolute Gasteiger partial charge is 0.252 e. The van der Waals surface area contributed by atoms with Crippen molar-refractivity contribution in [3.8, 4) is 0 Å². The van der Waals surface area contributed by atoms with Gasteiger partial charge in [-0.05, 0) is 41.3 Å². The van der Waals surface area contributed by atoms with Crippen LogP contribution in [-0.4, -0.2) is 11.8 Å². The second-order valence-electron chi connectivity index (χ2n) is 6.49. The summed E-state index contributed by atoms with van der Waals surface area (Å²) < 4.78 is 0. The van der Waals surface area contributed by atoms with Crippen molar-refractivity contribution in [3.63, 3.8) is 0 Å². The summed E-state index contributed by atoms with van der Waals surface area (Å²) in [4.78, 5) is 24.3. The molecule has 0 aromatic heterocycles. The number of carbonyl (C=O) groups excluding carboxylic acids is 2. The van der Waals surface area contributed by atoms with Crippen LogP contribution in [0.4, 0.5) is 0 Å². The van der Waals surface area contributed by atoms with E-state index < -0.39 is 0 Å². The lowest BCUT2D eigenvalue weighted by Gasteiger charge is -2.18. The lowest BCUT2D eigenvalue weighted by molar-refractivity contribution is -0.121. The molecule has 0 saturated heterocycles. The zero-order valence-electron chi connectivity index (χ0n) is 15.2. The molecule has 4 N–H and O–H groups in total. The van der Waals surface area contributed by atoms with Crippen molar-refractivity contribution in [2.75, 3.05) is 0 Å². The normalized spacial score (nSPS) is 11.8. The van der Waals surface area contributed by atoms with Crippen molar-refractivity contribution in [2.45, 2.75) is 25.8 Å². The highest BCUT2D eigenvalue weighted by Gasteiger charge is 2.16. The van der Waals surface area contributed by atoms with Gasteiger partial charge >= 0.3 is 0 Å². The Labute approximate surface area is 158 Å². The van der Waals surface area contributed by atoms with Gasteiger partial charge in [0.15, 0.2) is 0 Å². The Balaban J connectivity index is 1.80. The molecule has 0 unspecified atom stereocenters. The SMILES string of the molecule is C[C@@H](NC(=O)c1ccccc1CCC(=O)NN)c1cccc2ccccc12. The van der Waals surface area contributed by atoms with Gasteiger partial charge in [0.1, 0.15) is 0 Å². The van der Waals surface area contributed by atoms with Gasteiger partial charge in [-0.15, -0.1) is 0 Å². The minimum absolute atomic E-state index is 0.149. The predicted octanol–water partition coefficient (Wildman–Crippen LogP) is 3.25. The molecule has 3 rings (SSSR count). The highest BCUT2D eigenvalue weighted by molar-refractivity contribution is 5.96. The fourth-order valence-electron chi connectivity index (χ4n) is 3.26. The standard InChI is InChI=1S/C22H23N3O2/c1-15(18-12-6-9-16-7-2-4-10-19(16)18)24-22(27)20-11-5-3-8-17(20)13-14-21(26)25-23/h2-12,15H,13-14,23H2,1H3,(H,24,27)(H,25,26)/t15-/m1/s1. The third kappa shape index (κ3) is 4.33.